The van der Waals surface area contributed by atoms with Gasteiger partial charge in [0.2, 0.25) is 15.9 Å². The smallest absolute Gasteiger partial charge is 0.243 e. The fraction of sp³-hybridized carbons (Fsp3) is 0.364. The zero-order valence-electron chi connectivity index (χ0n) is 16.9. The van der Waals surface area contributed by atoms with Gasteiger partial charge in [-0.2, -0.15) is 9.57 Å². The summed E-state index contributed by atoms with van der Waals surface area (Å²) in [5.41, 5.74) is 1.95. The van der Waals surface area contributed by atoms with Crippen molar-refractivity contribution in [2.45, 2.75) is 37.5 Å². The molecule has 1 amide bonds. The minimum Gasteiger partial charge on any atom is -0.326 e. The van der Waals surface area contributed by atoms with Crippen LogP contribution in [0.2, 0.25) is 5.02 Å². The molecule has 30 heavy (non-hydrogen) atoms. The van der Waals surface area contributed by atoms with Gasteiger partial charge in [-0.25, -0.2) is 8.42 Å². The molecular weight excluding hydrogens is 422 g/mol. The van der Waals surface area contributed by atoms with E-state index in [1.54, 1.807) is 30.3 Å². The monoisotopic (exact) mass is 445 g/mol. The Hall–Kier alpha value is -2.40. The number of benzene rings is 2. The van der Waals surface area contributed by atoms with Crippen LogP contribution in [-0.2, 0) is 14.8 Å². The number of halogens is 1. The maximum atomic E-state index is 12.9. The lowest BCUT2D eigenvalue weighted by Crippen LogP contribution is -2.41. The average molecular weight is 446 g/mol. The van der Waals surface area contributed by atoms with Crippen molar-refractivity contribution >= 4 is 33.2 Å². The minimum absolute atomic E-state index is 0.172. The number of nitrogens with zero attached hydrogens (tertiary/aromatic N) is 2. The molecule has 0 radical (unpaired) electrons. The molecule has 2 aromatic rings. The first-order valence-electron chi connectivity index (χ1n) is 9.83. The number of nitrogens with one attached hydrogen (secondary N) is 1. The summed E-state index contributed by atoms with van der Waals surface area (Å²) in [5, 5.41) is 12.0. The predicted molar refractivity (Wildman–Crippen MR) is 117 cm³/mol. The van der Waals surface area contributed by atoms with Crippen LogP contribution in [0.1, 0.15) is 43.7 Å². The van der Waals surface area contributed by atoms with E-state index >= 15 is 0 Å². The molecule has 0 aliphatic carbocycles. The van der Waals surface area contributed by atoms with Gasteiger partial charge in [-0.15, -0.1) is 0 Å². The lowest BCUT2D eigenvalue weighted by atomic mass is 9.97. The van der Waals surface area contributed by atoms with Crippen molar-refractivity contribution in [3.8, 4) is 6.07 Å². The number of hydrogen-bond donors (Lipinski definition) is 1. The highest BCUT2D eigenvalue weighted by atomic mass is 35.5. The Morgan fingerprint density at radius 1 is 1.17 bits per heavy atom. The molecule has 0 unspecified atom stereocenters. The Morgan fingerprint density at radius 2 is 1.80 bits per heavy atom. The van der Waals surface area contributed by atoms with Crippen molar-refractivity contribution in [3.63, 3.8) is 0 Å². The summed E-state index contributed by atoms with van der Waals surface area (Å²) in [6.45, 7) is 4.71. The number of sulfonamides is 1. The van der Waals surface area contributed by atoms with Gasteiger partial charge in [0.25, 0.3) is 0 Å². The molecule has 1 heterocycles. The molecule has 1 N–H and O–H groups in total. The van der Waals surface area contributed by atoms with Crippen LogP contribution in [0.5, 0.6) is 0 Å². The zero-order chi connectivity index (χ0) is 21.9. The summed E-state index contributed by atoms with van der Waals surface area (Å²) >= 11 is 6.01. The normalized spacial score (nSPS) is 15.7. The SMILES string of the molecule is CC(C)c1ccc(S(=O)(=O)N2CCC(C(=O)Nc3ccc(C#N)c(Cl)c3)CC2)cc1. The molecule has 1 fully saturated rings. The van der Waals surface area contributed by atoms with Gasteiger partial charge in [-0.3, -0.25) is 4.79 Å². The van der Waals surface area contributed by atoms with Crippen LogP contribution in [0.4, 0.5) is 5.69 Å². The molecule has 6 nitrogen and oxygen atoms in total. The number of carbonyl (C=O) groups is 1. The molecule has 2 aromatic carbocycles. The number of anilines is 1. The molecule has 158 valence electrons. The first kappa shape index (κ1) is 22.3. The molecule has 0 atom stereocenters. The number of carbonyl (C=O) groups excluding carboxylic acids is 1. The van der Waals surface area contributed by atoms with E-state index in [4.69, 9.17) is 16.9 Å². The Kier molecular flexibility index (Phi) is 6.81. The van der Waals surface area contributed by atoms with Crippen LogP contribution in [0.3, 0.4) is 0 Å². The third-order valence-electron chi connectivity index (χ3n) is 5.37. The maximum absolute atomic E-state index is 12.9. The summed E-state index contributed by atoms with van der Waals surface area (Å²) in [4.78, 5) is 12.9. The second-order valence-electron chi connectivity index (χ2n) is 7.70. The van der Waals surface area contributed by atoms with E-state index in [1.807, 2.05) is 18.2 Å². The van der Waals surface area contributed by atoms with Crippen molar-refractivity contribution in [1.29, 1.82) is 5.26 Å². The van der Waals surface area contributed by atoms with Gasteiger partial charge in [0.1, 0.15) is 6.07 Å². The quantitative estimate of drug-likeness (QED) is 0.739. The average Bonchev–Trinajstić information content (AvgIpc) is 2.74. The van der Waals surface area contributed by atoms with Crippen molar-refractivity contribution in [3.05, 3.63) is 58.6 Å². The van der Waals surface area contributed by atoms with Crippen LogP contribution >= 0.6 is 11.6 Å². The standard InChI is InChI=1S/C22H24ClN3O3S/c1-15(2)16-4-7-20(8-5-16)30(28,29)26-11-9-17(10-12-26)22(27)25-19-6-3-18(14-24)21(23)13-19/h3-8,13,15,17H,9-12H2,1-2H3,(H,25,27). The molecule has 0 saturated carbocycles. The molecule has 1 saturated heterocycles. The second-order valence-corrected chi connectivity index (χ2v) is 10.0. The highest BCUT2D eigenvalue weighted by Gasteiger charge is 2.32. The Labute approximate surface area is 182 Å². The van der Waals surface area contributed by atoms with Crippen molar-refractivity contribution in [1.82, 2.24) is 4.31 Å². The maximum Gasteiger partial charge on any atom is 0.243 e. The van der Waals surface area contributed by atoms with E-state index < -0.39 is 10.0 Å². The van der Waals surface area contributed by atoms with Crippen molar-refractivity contribution in [2.75, 3.05) is 18.4 Å². The van der Waals surface area contributed by atoms with Crippen LogP contribution in [-0.4, -0.2) is 31.7 Å². The van der Waals surface area contributed by atoms with Gasteiger partial charge in [0.05, 0.1) is 15.5 Å². The van der Waals surface area contributed by atoms with Gasteiger partial charge in [-0.05, 0) is 54.7 Å². The molecule has 0 aromatic heterocycles. The van der Waals surface area contributed by atoms with Crippen LogP contribution in [0.25, 0.3) is 0 Å². The third kappa shape index (κ3) is 4.84. The lowest BCUT2D eigenvalue weighted by Gasteiger charge is -2.30. The Balaban J connectivity index is 1.61. The van der Waals surface area contributed by atoms with E-state index in [0.717, 1.165) is 5.56 Å². The van der Waals surface area contributed by atoms with Crippen LogP contribution < -0.4 is 5.32 Å². The number of hydrogen-bond acceptors (Lipinski definition) is 4. The Bertz CT molecular complexity index is 1070. The largest absolute Gasteiger partial charge is 0.326 e. The number of amides is 1. The Morgan fingerprint density at radius 3 is 2.33 bits per heavy atom. The molecule has 3 rings (SSSR count). The van der Waals surface area contributed by atoms with Gasteiger partial charge in [-0.1, -0.05) is 37.6 Å². The molecule has 0 bridgehead atoms. The number of rotatable bonds is 5. The molecule has 1 aliphatic rings. The topological polar surface area (TPSA) is 90.3 Å². The van der Waals surface area contributed by atoms with Crippen LogP contribution in [0, 0.1) is 17.2 Å². The summed E-state index contributed by atoms with van der Waals surface area (Å²) in [7, 11) is -3.57. The summed E-state index contributed by atoms with van der Waals surface area (Å²) in [5.74, 6) is -0.120. The predicted octanol–water partition coefficient (Wildman–Crippen LogP) is 4.37. The zero-order valence-corrected chi connectivity index (χ0v) is 18.5. The summed E-state index contributed by atoms with van der Waals surface area (Å²) in [6.07, 6.45) is 0.887. The van der Waals surface area contributed by atoms with E-state index in [9.17, 15) is 13.2 Å². The van der Waals surface area contributed by atoms with E-state index in [1.165, 1.54) is 4.31 Å². The van der Waals surface area contributed by atoms with Crippen molar-refractivity contribution < 1.29 is 13.2 Å². The van der Waals surface area contributed by atoms with E-state index in [2.05, 4.69) is 19.2 Å². The van der Waals surface area contributed by atoms with Gasteiger partial charge in [0, 0.05) is 24.7 Å². The van der Waals surface area contributed by atoms with E-state index in [0.29, 0.717) is 43.1 Å². The van der Waals surface area contributed by atoms with Crippen LogP contribution in [0.15, 0.2) is 47.4 Å². The van der Waals surface area contributed by atoms with Crippen molar-refractivity contribution in [2.24, 2.45) is 5.92 Å². The summed E-state index contributed by atoms with van der Waals surface area (Å²) < 4.78 is 27.3. The van der Waals surface area contributed by atoms with Gasteiger partial charge >= 0.3 is 0 Å². The first-order valence-corrected chi connectivity index (χ1v) is 11.6. The van der Waals surface area contributed by atoms with Gasteiger partial charge < -0.3 is 5.32 Å². The molecule has 1 aliphatic heterocycles. The summed E-state index contributed by atoms with van der Waals surface area (Å²) in [6, 6.07) is 13.7. The third-order valence-corrected chi connectivity index (χ3v) is 7.59. The fourth-order valence-electron chi connectivity index (χ4n) is 3.46. The number of nitriles is 1. The first-order chi connectivity index (χ1) is 14.2. The number of piperidine rings is 1. The lowest BCUT2D eigenvalue weighted by molar-refractivity contribution is -0.120. The highest BCUT2D eigenvalue weighted by molar-refractivity contribution is 7.89. The molecule has 8 heteroatoms. The highest BCUT2D eigenvalue weighted by Crippen LogP contribution is 2.27. The fourth-order valence-corrected chi connectivity index (χ4v) is 5.15. The minimum atomic E-state index is -3.57. The molecule has 0 spiro atoms. The van der Waals surface area contributed by atoms with Gasteiger partial charge in [0.15, 0.2) is 0 Å². The molecular formula is C22H24ClN3O3S. The van der Waals surface area contributed by atoms with E-state index in [-0.39, 0.29) is 21.7 Å². The second kappa shape index (κ2) is 9.17.